The zero-order valence-electron chi connectivity index (χ0n) is 17.6. The monoisotopic (exact) mass is 413 g/mol. The number of amides is 1. The molecule has 1 aliphatic rings. The fraction of sp³-hybridized carbons (Fsp3) is 0.391. The van der Waals surface area contributed by atoms with Gasteiger partial charge in [0.25, 0.3) is 5.91 Å². The second kappa shape index (κ2) is 8.46. The molecule has 0 saturated heterocycles. The van der Waals surface area contributed by atoms with E-state index in [1.165, 1.54) is 11.3 Å². The Balaban J connectivity index is 1.64. The Bertz CT molecular complexity index is 922. The second-order valence-electron chi connectivity index (χ2n) is 8.28. The van der Waals surface area contributed by atoms with Gasteiger partial charge in [0.1, 0.15) is 5.75 Å². The van der Waals surface area contributed by atoms with Crippen LogP contribution in [-0.4, -0.2) is 31.3 Å². The molecule has 1 N–H and O–H groups in total. The van der Waals surface area contributed by atoms with Crippen LogP contribution in [-0.2, 0) is 4.79 Å². The quantitative estimate of drug-likeness (QED) is 0.560. The van der Waals surface area contributed by atoms with E-state index in [0.717, 1.165) is 17.5 Å². The number of hydrogen-bond acceptors (Lipinski definition) is 4. The summed E-state index contributed by atoms with van der Waals surface area (Å²) in [5, 5.41) is 4.73. The number of ether oxygens (including phenoxy) is 1. The van der Waals surface area contributed by atoms with Gasteiger partial charge in [-0.05, 0) is 86.2 Å². The molecule has 2 aromatic carbocycles. The first-order valence-corrected chi connectivity index (χ1v) is 10.1. The highest BCUT2D eigenvalue weighted by Gasteiger charge is 2.34. The minimum absolute atomic E-state index is 0.112. The van der Waals surface area contributed by atoms with Crippen LogP contribution in [0.4, 0.5) is 5.69 Å². The van der Waals surface area contributed by atoms with E-state index in [4.69, 9.17) is 16.3 Å². The molecule has 1 atom stereocenters. The Labute approximate surface area is 177 Å². The number of hydrazone groups is 1. The third-order valence-electron chi connectivity index (χ3n) is 5.60. The Hall–Kier alpha value is -2.53. The summed E-state index contributed by atoms with van der Waals surface area (Å²) in [6.45, 7) is 8.77. The lowest BCUT2D eigenvalue weighted by Crippen LogP contribution is -2.45. The average Bonchev–Trinajstić information content (AvgIpc) is 2.66. The number of carbonyl (C=O) groups excluding carboxylic acids is 1. The molecule has 1 heterocycles. The van der Waals surface area contributed by atoms with Crippen molar-refractivity contribution in [1.82, 2.24) is 5.43 Å². The van der Waals surface area contributed by atoms with Gasteiger partial charge in [-0.1, -0.05) is 18.5 Å². The molecule has 0 fully saturated rings. The van der Waals surface area contributed by atoms with Crippen LogP contribution < -0.4 is 15.1 Å². The van der Waals surface area contributed by atoms with Crippen LogP contribution in [0.1, 0.15) is 49.8 Å². The van der Waals surface area contributed by atoms with E-state index in [9.17, 15) is 4.79 Å². The maximum atomic E-state index is 12.0. The molecule has 0 saturated carbocycles. The Kier molecular flexibility index (Phi) is 6.18. The van der Waals surface area contributed by atoms with E-state index in [0.29, 0.717) is 16.7 Å². The predicted molar refractivity (Wildman–Crippen MR) is 119 cm³/mol. The Morgan fingerprint density at radius 3 is 2.72 bits per heavy atom. The normalized spacial score (nSPS) is 17.9. The molecule has 6 heteroatoms. The average molecular weight is 414 g/mol. The lowest BCUT2D eigenvalue weighted by molar-refractivity contribution is -0.123. The number of carbonyl (C=O) groups is 1. The molecule has 1 amide bonds. The number of hydrogen-bond donors (Lipinski definition) is 1. The van der Waals surface area contributed by atoms with Crippen LogP contribution >= 0.6 is 11.6 Å². The van der Waals surface area contributed by atoms with Crippen LogP contribution in [0.15, 0.2) is 41.5 Å². The van der Waals surface area contributed by atoms with Crippen molar-refractivity contribution >= 4 is 29.4 Å². The SMILES string of the molecule is Cc1cc2c(cc1/C=N/NC(=O)COc1ccc(Cl)cc1)C(C)CC(C)(C)N2C. The molecule has 29 heavy (non-hydrogen) atoms. The zero-order valence-corrected chi connectivity index (χ0v) is 18.4. The topological polar surface area (TPSA) is 53.9 Å². The highest BCUT2D eigenvalue weighted by molar-refractivity contribution is 6.30. The molecule has 3 rings (SSSR count). The van der Waals surface area contributed by atoms with Gasteiger partial charge in [-0.15, -0.1) is 0 Å². The number of anilines is 1. The van der Waals surface area contributed by atoms with Crippen molar-refractivity contribution in [2.24, 2.45) is 5.10 Å². The largest absolute Gasteiger partial charge is 0.484 e. The molecular formula is C23H28ClN3O2. The summed E-state index contributed by atoms with van der Waals surface area (Å²) in [6.07, 6.45) is 2.79. The van der Waals surface area contributed by atoms with Crippen molar-refractivity contribution in [2.45, 2.75) is 45.6 Å². The fourth-order valence-electron chi connectivity index (χ4n) is 3.76. The molecule has 2 aromatic rings. The highest BCUT2D eigenvalue weighted by atomic mass is 35.5. The van der Waals surface area contributed by atoms with E-state index < -0.39 is 0 Å². The zero-order chi connectivity index (χ0) is 21.2. The number of aryl methyl sites for hydroxylation is 1. The molecular weight excluding hydrogens is 386 g/mol. The third-order valence-corrected chi connectivity index (χ3v) is 5.85. The van der Waals surface area contributed by atoms with Gasteiger partial charge in [0.15, 0.2) is 6.61 Å². The van der Waals surface area contributed by atoms with Crippen molar-refractivity contribution < 1.29 is 9.53 Å². The summed E-state index contributed by atoms with van der Waals surface area (Å²) in [4.78, 5) is 14.3. The maximum Gasteiger partial charge on any atom is 0.277 e. The summed E-state index contributed by atoms with van der Waals surface area (Å²) >= 11 is 5.83. The van der Waals surface area contributed by atoms with Crippen molar-refractivity contribution in [1.29, 1.82) is 0 Å². The van der Waals surface area contributed by atoms with E-state index in [-0.39, 0.29) is 18.1 Å². The minimum atomic E-state index is -0.318. The number of halogens is 1. The van der Waals surface area contributed by atoms with Gasteiger partial charge in [0.05, 0.1) is 6.21 Å². The van der Waals surface area contributed by atoms with Gasteiger partial charge in [0, 0.05) is 23.3 Å². The number of fused-ring (bicyclic) bond motifs is 1. The van der Waals surface area contributed by atoms with Gasteiger partial charge in [-0.25, -0.2) is 5.43 Å². The standard InChI is InChI=1S/C23H28ClN3O2/c1-15-10-21-20(16(2)12-23(3,4)27(21)5)11-17(15)13-25-26-22(28)14-29-19-8-6-18(24)7-9-19/h6-11,13,16H,12,14H2,1-5H3,(H,26,28)/b25-13+. The number of nitrogens with zero attached hydrogens (tertiary/aromatic N) is 2. The number of benzene rings is 2. The van der Waals surface area contributed by atoms with Crippen molar-refractivity contribution in [2.75, 3.05) is 18.6 Å². The predicted octanol–water partition coefficient (Wildman–Crippen LogP) is 4.90. The van der Waals surface area contributed by atoms with Crippen molar-refractivity contribution in [3.63, 3.8) is 0 Å². The smallest absolute Gasteiger partial charge is 0.277 e. The summed E-state index contributed by atoms with van der Waals surface area (Å²) < 4.78 is 5.42. The van der Waals surface area contributed by atoms with E-state index in [2.05, 4.69) is 62.3 Å². The molecule has 0 aliphatic carbocycles. The molecule has 1 unspecified atom stereocenters. The van der Waals surface area contributed by atoms with E-state index >= 15 is 0 Å². The van der Waals surface area contributed by atoms with Gasteiger partial charge >= 0.3 is 0 Å². The lowest BCUT2D eigenvalue weighted by atomic mass is 9.79. The van der Waals surface area contributed by atoms with Crippen molar-refractivity contribution in [3.8, 4) is 5.75 Å². The molecule has 0 radical (unpaired) electrons. The van der Waals surface area contributed by atoms with E-state index in [1.807, 2.05) is 0 Å². The Morgan fingerprint density at radius 1 is 1.34 bits per heavy atom. The molecule has 1 aliphatic heterocycles. The molecule has 0 spiro atoms. The fourth-order valence-corrected chi connectivity index (χ4v) is 3.89. The van der Waals surface area contributed by atoms with Gasteiger partial charge in [0.2, 0.25) is 0 Å². The van der Waals surface area contributed by atoms with Crippen LogP contribution in [0.2, 0.25) is 5.02 Å². The summed E-state index contributed by atoms with van der Waals surface area (Å²) in [7, 11) is 2.15. The van der Waals surface area contributed by atoms with Crippen LogP contribution in [0.25, 0.3) is 0 Å². The van der Waals surface area contributed by atoms with Crippen LogP contribution in [0, 0.1) is 6.92 Å². The van der Waals surface area contributed by atoms with Crippen LogP contribution in [0.3, 0.4) is 0 Å². The number of rotatable bonds is 5. The van der Waals surface area contributed by atoms with Gasteiger partial charge < -0.3 is 9.64 Å². The second-order valence-corrected chi connectivity index (χ2v) is 8.72. The van der Waals surface area contributed by atoms with Crippen LogP contribution in [0.5, 0.6) is 5.75 Å². The third kappa shape index (κ3) is 4.91. The summed E-state index contributed by atoms with van der Waals surface area (Å²) in [5.41, 5.74) is 7.36. The first kappa shape index (κ1) is 21.2. The molecule has 0 aromatic heterocycles. The summed E-state index contributed by atoms with van der Waals surface area (Å²) in [5.74, 6) is 0.730. The van der Waals surface area contributed by atoms with E-state index in [1.54, 1.807) is 30.5 Å². The minimum Gasteiger partial charge on any atom is -0.484 e. The Morgan fingerprint density at radius 2 is 2.03 bits per heavy atom. The lowest BCUT2D eigenvalue weighted by Gasteiger charge is -2.45. The molecule has 154 valence electrons. The first-order valence-electron chi connectivity index (χ1n) is 9.76. The first-order chi connectivity index (χ1) is 13.7. The van der Waals surface area contributed by atoms with Gasteiger partial charge in [-0.3, -0.25) is 4.79 Å². The van der Waals surface area contributed by atoms with Crippen molar-refractivity contribution in [3.05, 3.63) is 58.1 Å². The summed E-state index contributed by atoms with van der Waals surface area (Å²) in [6, 6.07) is 11.3. The highest BCUT2D eigenvalue weighted by Crippen LogP contribution is 2.43. The molecule has 0 bridgehead atoms. The maximum absolute atomic E-state index is 12.0. The van der Waals surface area contributed by atoms with Gasteiger partial charge in [-0.2, -0.15) is 5.10 Å². The number of nitrogens with one attached hydrogen (secondary N) is 1. The molecule has 5 nitrogen and oxygen atoms in total.